The van der Waals surface area contributed by atoms with Crippen LogP contribution in [0.5, 0.6) is 0 Å². The van der Waals surface area contributed by atoms with Crippen LogP contribution in [-0.2, 0) is 9.59 Å². The van der Waals surface area contributed by atoms with Gasteiger partial charge in [-0.25, -0.2) is 19.3 Å². The third kappa shape index (κ3) is 3.81. The molecule has 0 bridgehead atoms. The summed E-state index contributed by atoms with van der Waals surface area (Å²) >= 11 is 0. The number of nitrogens with zero attached hydrogens (tertiary/aromatic N) is 5. The maximum absolute atomic E-state index is 13.7. The van der Waals surface area contributed by atoms with Gasteiger partial charge in [0.25, 0.3) is 11.8 Å². The van der Waals surface area contributed by atoms with Crippen molar-refractivity contribution in [2.75, 3.05) is 36.0 Å². The zero-order valence-corrected chi connectivity index (χ0v) is 19.0. The molecule has 1 saturated heterocycles. The van der Waals surface area contributed by atoms with Crippen LogP contribution in [0, 0.1) is 19.7 Å². The van der Waals surface area contributed by atoms with E-state index < -0.39 is 17.6 Å². The standard InChI is InChI=1S/C26H24FN5O2/c1-17-4-5-19(16-18(17)2)22-23(25(34)32(24(22)33)21-8-6-20(27)7-9-21)30-12-14-31(15-13-30)26-28-10-3-11-29-26/h3-11,16H,12-15H2,1-2H3. The van der Waals surface area contributed by atoms with Crippen LogP contribution in [0.3, 0.4) is 0 Å². The predicted octanol–water partition coefficient (Wildman–Crippen LogP) is 3.34. The molecule has 2 aromatic carbocycles. The first-order chi connectivity index (χ1) is 16.4. The van der Waals surface area contributed by atoms with Crippen LogP contribution in [-0.4, -0.2) is 52.9 Å². The molecule has 0 aliphatic carbocycles. The lowest BCUT2D eigenvalue weighted by Gasteiger charge is -2.36. The minimum absolute atomic E-state index is 0.351. The van der Waals surface area contributed by atoms with E-state index in [4.69, 9.17) is 0 Å². The molecule has 34 heavy (non-hydrogen) atoms. The van der Waals surface area contributed by atoms with E-state index in [0.717, 1.165) is 16.0 Å². The van der Waals surface area contributed by atoms with E-state index in [-0.39, 0.29) is 0 Å². The van der Waals surface area contributed by atoms with Gasteiger partial charge in [0.05, 0.1) is 11.3 Å². The maximum atomic E-state index is 13.7. The third-order valence-corrected chi connectivity index (χ3v) is 6.37. The molecule has 2 aliphatic heterocycles. The molecule has 0 radical (unpaired) electrons. The molecule has 1 aromatic heterocycles. The van der Waals surface area contributed by atoms with Crippen molar-refractivity contribution in [3.63, 3.8) is 0 Å². The van der Waals surface area contributed by atoms with Crippen LogP contribution in [0.15, 0.2) is 66.6 Å². The van der Waals surface area contributed by atoms with Crippen molar-refractivity contribution in [2.45, 2.75) is 13.8 Å². The number of piperazine rings is 1. The molecule has 3 heterocycles. The number of halogens is 1. The molecule has 0 unspecified atom stereocenters. The van der Waals surface area contributed by atoms with Crippen LogP contribution >= 0.6 is 0 Å². The van der Waals surface area contributed by atoms with Gasteiger partial charge in [0.1, 0.15) is 11.5 Å². The second-order valence-corrected chi connectivity index (χ2v) is 8.47. The van der Waals surface area contributed by atoms with E-state index in [1.165, 1.54) is 24.3 Å². The lowest BCUT2D eigenvalue weighted by atomic mass is 9.99. The lowest BCUT2D eigenvalue weighted by Crippen LogP contribution is -2.48. The first kappa shape index (κ1) is 21.8. The van der Waals surface area contributed by atoms with Gasteiger partial charge in [0.2, 0.25) is 5.95 Å². The third-order valence-electron chi connectivity index (χ3n) is 6.37. The molecule has 2 aliphatic rings. The summed E-state index contributed by atoms with van der Waals surface area (Å²) in [4.78, 5) is 41.1. The Morgan fingerprint density at radius 2 is 1.44 bits per heavy atom. The van der Waals surface area contributed by atoms with E-state index >= 15 is 0 Å². The van der Waals surface area contributed by atoms with E-state index in [0.29, 0.717) is 54.6 Å². The first-order valence-electron chi connectivity index (χ1n) is 11.2. The van der Waals surface area contributed by atoms with E-state index in [9.17, 15) is 14.0 Å². The molecule has 7 nitrogen and oxygen atoms in total. The number of aryl methyl sites for hydroxylation is 2. The largest absolute Gasteiger partial charge is 0.363 e. The Balaban J connectivity index is 1.52. The number of hydrogen-bond acceptors (Lipinski definition) is 6. The van der Waals surface area contributed by atoms with Crippen LogP contribution in [0.25, 0.3) is 5.57 Å². The van der Waals surface area contributed by atoms with E-state index in [2.05, 4.69) is 14.9 Å². The van der Waals surface area contributed by atoms with Crippen molar-refractivity contribution in [3.8, 4) is 0 Å². The van der Waals surface area contributed by atoms with Gasteiger partial charge in [-0.1, -0.05) is 18.2 Å². The summed E-state index contributed by atoms with van der Waals surface area (Å²) in [6.07, 6.45) is 3.41. The minimum Gasteiger partial charge on any atom is -0.363 e. The Labute approximate surface area is 197 Å². The normalized spacial score (nSPS) is 16.6. The molecule has 0 N–H and O–H groups in total. The number of carbonyl (C=O) groups is 2. The summed E-state index contributed by atoms with van der Waals surface area (Å²) < 4.78 is 13.5. The molecule has 1 fully saturated rings. The first-order valence-corrected chi connectivity index (χ1v) is 11.2. The Morgan fingerprint density at radius 3 is 2.09 bits per heavy atom. The SMILES string of the molecule is Cc1ccc(C2=C(N3CCN(c4ncccn4)CC3)C(=O)N(c3ccc(F)cc3)C2=O)cc1C. The average Bonchev–Trinajstić information content (AvgIpc) is 3.12. The van der Waals surface area contributed by atoms with Crippen LogP contribution < -0.4 is 9.80 Å². The van der Waals surface area contributed by atoms with E-state index in [1.54, 1.807) is 18.5 Å². The summed E-state index contributed by atoms with van der Waals surface area (Å²) in [5, 5.41) is 0. The number of rotatable bonds is 4. The van der Waals surface area contributed by atoms with Crippen LogP contribution in [0.1, 0.15) is 16.7 Å². The highest BCUT2D eigenvalue weighted by atomic mass is 19.1. The molecule has 0 spiro atoms. The molecule has 3 aromatic rings. The van der Waals surface area contributed by atoms with Crippen LogP contribution in [0.4, 0.5) is 16.0 Å². The smallest absolute Gasteiger partial charge is 0.282 e. The fraction of sp³-hybridized carbons (Fsp3) is 0.231. The van der Waals surface area contributed by atoms with Crippen molar-refractivity contribution in [2.24, 2.45) is 0 Å². The van der Waals surface area contributed by atoms with Crippen molar-refractivity contribution in [1.29, 1.82) is 0 Å². The molecular formula is C26H24FN5O2. The molecule has 5 rings (SSSR count). The van der Waals surface area contributed by atoms with Gasteiger partial charge >= 0.3 is 0 Å². The highest BCUT2D eigenvalue weighted by Gasteiger charge is 2.43. The zero-order valence-electron chi connectivity index (χ0n) is 19.0. The number of carbonyl (C=O) groups excluding carboxylic acids is 2. The fourth-order valence-corrected chi connectivity index (χ4v) is 4.38. The fourth-order valence-electron chi connectivity index (χ4n) is 4.38. The molecule has 172 valence electrons. The summed E-state index contributed by atoms with van der Waals surface area (Å²) in [5.74, 6) is -0.574. The van der Waals surface area contributed by atoms with Gasteiger partial charge < -0.3 is 9.80 Å². The summed E-state index contributed by atoms with van der Waals surface area (Å²) in [6.45, 7) is 6.30. The highest BCUT2D eigenvalue weighted by Crippen LogP contribution is 2.36. The topological polar surface area (TPSA) is 69.6 Å². The Morgan fingerprint density at radius 1 is 0.794 bits per heavy atom. The Kier molecular flexibility index (Phi) is 5.57. The molecule has 0 atom stereocenters. The second kappa shape index (κ2) is 8.70. The average molecular weight is 458 g/mol. The molecule has 0 saturated carbocycles. The molecule has 2 amide bonds. The number of amides is 2. The number of hydrogen-bond donors (Lipinski definition) is 0. The van der Waals surface area contributed by atoms with Gasteiger partial charge in [-0.05, 0) is 60.9 Å². The van der Waals surface area contributed by atoms with Gasteiger partial charge in [-0.15, -0.1) is 0 Å². The molecular weight excluding hydrogens is 433 g/mol. The summed E-state index contributed by atoms with van der Waals surface area (Å²) in [5.41, 5.74) is 3.96. The second-order valence-electron chi connectivity index (χ2n) is 8.47. The van der Waals surface area contributed by atoms with Crippen molar-refractivity contribution in [3.05, 3.63) is 89.1 Å². The van der Waals surface area contributed by atoms with Crippen molar-refractivity contribution >= 4 is 29.0 Å². The zero-order chi connectivity index (χ0) is 23.8. The Bertz CT molecular complexity index is 1280. The highest BCUT2D eigenvalue weighted by molar-refractivity contribution is 6.45. The lowest BCUT2D eigenvalue weighted by molar-refractivity contribution is -0.120. The summed E-state index contributed by atoms with van der Waals surface area (Å²) in [6, 6.07) is 13.0. The number of anilines is 2. The van der Waals surface area contributed by atoms with E-state index in [1.807, 2.05) is 36.9 Å². The van der Waals surface area contributed by atoms with Crippen LogP contribution in [0.2, 0.25) is 0 Å². The number of imide groups is 1. The van der Waals surface area contributed by atoms with Gasteiger partial charge in [-0.2, -0.15) is 0 Å². The van der Waals surface area contributed by atoms with Gasteiger partial charge in [0, 0.05) is 38.6 Å². The monoisotopic (exact) mass is 457 g/mol. The number of benzene rings is 2. The van der Waals surface area contributed by atoms with Crippen molar-refractivity contribution < 1.29 is 14.0 Å². The maximum Gasteiger partial charge on any atom is 0.282 e. The van der Waals surface area contributed by atoms with Gasteiger partial charge in [0.15, 0.2) is 0 Å². The van der Waals surface area contributed by atoms with Crippen molar-refractivity contribution in [1.82, 2.24) is 14.9 Å². The molecule has 8 heteroatoms. The summed E-state index contributed by atoms with van der Waals surface area (Å²) in [7, 11) is 0. The number of aromatic nitrogens is 2. The quantitative estimate of drug-likeness (QED) is 0.560. The van der Waals surface area contributed by atoms with Gasteiger partial charge in [-0.3, -0.25) is 9.59 Å². The minimum atomic E-state index is -0.426. The predicted molar refractivity (Wildman–Crippen MR) is 128 cm³/mol. The Hall–Kier alpha value is -4.07.